The van der Waals surface area contributed by atoms with Crippen LogP contribution in [-0.4, -0.2) is 72.8 Å². The SMILES string of the molecule is CCOC(=O)C1=C(CN2CC(OCC=O)C(F)(F)C2)NC(c2nccs2)=N[C@@]1(C)c1ccc(F)cc1. The first-order valence-corrected chi connectivity index (χ1v) is 12.1. The lowest BCUT2D eigenvalue weighted by atomic mass is 9.82. The predicted molar refractivity (Wildman–Crippen MR) is 126 cm³/mol. The van der Waals surface area contributed by atoms with Crippen LogP contribution in [0.15, 0.2) is 52.1 Å². The number of nitrogens with zero attached hydrogens (tertiary/aromatic N) is 3. The monoisotopic (exact) mass is 522 g/mol. The summed E-state index contributed by atoms with van der Waals surface area (Å²) in [4.78, 5) is 34.4. The lowest BCUT2D eigenvalue weighted by Crippen LogP contribution is -2.45. The molecule has 1 fully saturated rings. The number of hydrogen-bond donors (Lipinski definition) is 1. The summed E-state index contributed by atoms with van der Waals surface area (Å²) in [5.74, 6) is -3.97. The number of nitrogens with one attached hydrogen (secondary N) is 1. The second-order valence-electron chi connectivity index (χ2n) is 8.50. The molecule has 192 valence electrons. The van der Waals surface area contributed by atoms with E-state index in [0.29, 0.717) is 28.4 Å². The molecule has 0 saturated carbocycles. The molecule has 0 radical (unpaired) electrons. The molecule has 2 atom stereocenters. The van der Waals surface area contributed by atoms with Crippen LogP contribution in [-0.2, 0) is 24.6 Å². The molecular weight excluding hydrogens is 497 g/mol. The van der Waals surface area contributed by atoms with E-state index in [0.717, 1.165) is 0 Å². The minimum Gasteiger partial charge on any atom is -0.463 e. The Bertz CT molecular complexity index is 1170. The lowest BCUT2D eigenvalue weighted by Gasteiger charge is -2.36. The minimum absolute atomic E-state index is 0.0775. The van der Waals surface area contributed by atoms with E-state index in [1.807, 2.05) is 0 Å². The Hall–Kier alpha value is -3.09. The Morgan fingerprint density at radius 3 is 2.72 bits per heavy atom. The van der Waals surface area contributed by atoms with Gasteiger partial charge in [0.25, 0.3) is 5.92 Å². The molecule has 2 aliphatic rings. The number of aromatic nitrogens is 1. The predicted octanol–water partition coefficient (Wildman–Crippen LogP) is 2.90. The van der Waals surface area contributed by atoms with Gasteiger partial charge in [0.1, 0.15) is 30.4 Å². The van der Waals surface area contributed by atoms with Gasteiger partial charge in [-0.1, -0.05) is 12.1 Å². The standard InChI is InChI=1S/C24H25F3N4O4S/c1-3-34-22(33)19-17(12-31-13-18(35-10-9-32)24(26,27)14-31)29-20(21-28-8-11-36-21)30-23(19,2)15-4-6-16(25)7-5-15/h4-9,11,18H,3,10,12-14H2,1-2H3,(H,29,30)/t18?,23-/m0/s1. The number of thiazole rings is 1. The number of ether oxygens (including phenoxy) is 2. The van der Waals surface area contributed by atoms with Crippen LogP contribution < -0.4 is 5.32 Å². The maximum absolute atomic E-state index is 14.6. The van der Waals surface area contributed by atoms with Crippen LogP contribution in [0.1, 0.15) is 24.4 Å². The van der Waals surface area contributed by atoms with Crippen molar-refractivity contribution in [3.05, 3.63) is 63.5 Å². The van der Waals surface area contributed by atoms with Gasteiger partial charge in [-0.2, -0.15) is 0 Å². The van der Waals surface area contributed by atoms with Crippen molar-refractivity contribution in [3.8, 4) is 0 Å². The Labute approximate surface area is 209 Å². The van der Waals surface area contributed by atoms with E-state index >= 15 is 0 Å². The van der Waals surface area contributed by atoms with Gasteiger partial charge in [0, 0.05) is 30.4 Å². The minimum atomic E-state index is -3.19. The molecule has 4 rings (SSSR count). The van der Waals surface area contributed by atoms with Crippen molar-refractivity contribution >= 4 is 29.4 Å². The van der Waals surface area contributed by atoms with Crippen LogP contribution in [0, 0.1) is 5.82 Å². The van der Waals surface area contributed by atoms with E-state index in [-0.39, 0.29) is 25.3 Å². The number of likely N-dealkylation sites (tertiary alicyclic amines) is 1. The van der Waals surface area contributed by atoms with E-state index in [4.69, 9.17) is 14.5 Å². The van der Waals surface area contributed by atoms with Crippen LogP contribution in [0.5, 0.6) is 0 Å². The summed E-state index contributed by atoms with van der Waals surface area (Å²) in [5.41, 5.74) is -0.375. The number of aliphatic imine (C=N–C) groups is 1. The number of carbonyl (C=O) groups excluding carboxylic acids is 2. The Morgan fingerprint density at radius 1 is 1.33 bits per heavy atom. The molecule has 1 N–H and O–H groups in total. The summed E-state index contributed by atoms with van der Waals surface area (Å²) in [5, 5.41) is 5.40. The van der Waals surface area contributed by atoms with Crippen molar-refractivity contribution in [1.29, 1.82) is 0 Å². The van der Waals surface area contributed by atoms with Gasteiger partial charge in [-0.25, -0.2) is 27.9 Å². The number of esters is 1. The maximum atomic E-state index is 14.6. The molecule has 2 aliphatic heterocycles. The number of rotatable bonds is 9. The quantitative estimate of drug-likeness (QED) is 0.400. The number of carbonyl (C=O) groups is 2. The molecule has 36 heavy (non-hydrogen) atoms. The van der Waals surface area contributed by atoms with E-state index < -0.39 is 42.5 Å². The Morgan fingerprint density at radius 2 is 2.08 bits per heavy atom. The van der Waals surface area contributed by atoms with E-state index in [1.54, 1.807) is 25.4 Å². The first-order chi connectivity index (χ1) is 17.2. The van der Waals surface area contributed by atoms with E-state index in [1.165, 1.54) is 40.5 Å². The van der Waals surface area contributed by atoms with Crippen LogP contribution in [0.4, 0.5) is 13.2 Å². The number of hydrogen-bond acceptors (Lipinski definition) is 9. The largest absolute Gasteiger partial charge is 0.463 e. The van der Waals surface area contributed by atoms with Gasteiger partial charge in [0.2, 0.25) is 0 Å². The highest BCUT2D eigenvalue weighted by Crippen LogP contribution is 2.40. The molecule has 1 unspecified atom stereocenters. The summed E-state index contributed by atoms with van der Waals surface area (Å²) >= 11 is 1.31. The molecule has 8 nitrogen and oxygen atoms in total. The first kappa shape index (κ1) is 26.0. The average Bonchev–Trinajstić information content (AvgIpc) is 3.45. The molecule has 1 saturated heterocycles. The highest BCUT2D eigenvalue weighted by atomic mass is 32.1. The summed E-state index contributed by atoms with van der Waals surface area (Å²) in [6, 6.07) is 5.57. The highest BCUT2D eigenvalue weighted by molar-refractivity contribution is 7.11. The highest BCUT2D eigenvalue weighted by Gasteiger charge is 2.50. The fraction of sp³-hybridized carbons (Fsp3) is 0.417. The molecular formula is C24H25F3N4O4S. The fourth-order valence-corrected chi connectivity index (χ4v) is 4.96. The second kappa shape index (κ2) is 10.5. The van der Waals surface area contributed by atoms with Gasteiger partial charge in [-0.3, -0.25) is 4.90 Å². The number of benzene rings is 1. The smallest absolute Gasteiger partial charge is 0.338 e. The normalized spacial score (nSPS) is 23.8. The maximum Gasteiger partial charge on any atom is 0.338 e. The summed E-state index contributed by atoms with van der Waals surface area (Å²) in [6.45, 7) is 2.13. The number of halogens is 3. The van der Waals surface area contributed by atoms with Gasteiger partial charge in [0.15, 0.2) is 10.8 Å². The number of alkyl halides is 2. The third-order valence-corrected chi connectivity index (χ3v) is 6.77. The zero-order valence-corrected chi connectivity index (χ0v) is 20.5. The second-order valence-corrected chi connectivity index (χ2v) is 9.39. The third-order valence-electron chi connectivity index (χ3n) is 5.99. The van der Waals surface area contributed by atoms with Crippen LogP contribution in [0.25, 0.3) is 0 Å². The molecule has 12 heteroatoms. The van der Waals surface area contributed by atoms with Crippen LogP contribution in [0.2, 0.25) is 0 Å². The fourth-order valence-electron chi connectivity index (χ4n) is 4.38. The van der Waals surface area contributed by atoms with Gasteiger partial charge < -0.3 is 19.6 Å². The zero-order chi connectivity index (χ0) is 25.9. The van der Waals surface area contributed by atoms with Gasteiger partial charge in [0.05, 0.1) is 18.7 Å². The van der Waals surface area contributed by atoms with Gasteiger partial charge in [-0.15, -0.1) is 11.3 Å². The molecule has 2 aromatic rings. The van der Waals surface area contributed by atoms with Crippen molar-refractivity contribution in [2.75, 3.05) is 32.8 Å². The molecule has 1 aromatic heterocycles. The average molecular weight is 523 g/mol. The molecule has 3 heterocycles. The summed E-state index contributed by atoms with van der Waals surface area (Å²) < 4.78 is 53.3. The van der Waals surface area contributed by atoms with Crippen LogP contribution >= 0.6 is 11.3 Å². The van der Waals surface area contributed by atoms with Crippen molar-refractivity contribution in [1.82, 2.24) is 15.2 Å². The lowest BCUT2D eigenvalue weighted by molar-refractivity contribution is -0.139. The molecule has 0 aliphatic carbocycles. The van der Waals surface area contributed by atoms with Crippen molar-refractivity contribution in [3.63, 3.8) is 0 Å². The number of aldehydes is 1. The van der Waals surface area contributed by atoms with Crippen LogP contribution in [0.3, 0.4) is 0 Å². The summed E-state index contributed by atoms with van der Waals surface area (Å²) in [6.07, 6.45) is 0.557. The Balaban J connectivity index is 1.78. The number of amidine groups is 1. The van der Waals surface area contributed by atoms with Gasteiger partial charge in [-0.05, 0) is 31.5 Å². The zero-order valence-electron chi connectivity index (χ0n) is 19.7. The molecule has 0 amide bonds. The van der Waals surface area contributed by atoms with Gasteiger partial charge >= 0.3 is 5.97 Å². The topological polar surface area (TPSA) is 93.1 Å². The first-order valence-electron chi connectivity index (χ1n) is 11.3. The van der Waals surface area contributed by atoms with E-state index in [2.05, 4.69) is 10.3 Å². The molecule has 1 aromatic carbocycles. The Kier molecular flexibility index (Phi) is 7.57. The van der Waals surface area contributed by atoms with Crippen molar-refractivity contribution in [2.45, 2.75) is 31.4 Å². The molecule has 0 spiro atoms. The summed E-state index contributed by atoms with van der Waals surface area (Å²) in [7, 11) is 0. The van der Waals surface area contributed by atoms with Crippen molar-refractivity contribution in [2.24, 2.45) is 4.99 Å². The molecule has 0 bridgehead atoms. The third kappa shape index (κ3) is 5.20. The van der Waals surface area contributed by atoms with Crippen molar-refractivity contribution < 1.29 is 32.2 Å². The van der Waals surface area contributed by atoms with E-state index in [9.17, 15) is 22.8 Å².